The van der Waals surface area contributed by atoms with Gasteiger partial charge in [-0.2, -0.15) is 0 Å². The summed E-state index contributed by atoms with van der Waals surface area (Å²) in [6.45, 7) is 4.94. The van der Waals surface area contributed by atoms with Gasteiger partial charge in [0.1, 0.15) is 0 Å². The Morgan fingerprint density at radius 1 is 1.18 bits per heavy atom. The molecule has 0 saturated carbocycles. The molecule has 124 valence electrons. The van der Waals surface area contributed by atoms with Gasteiger partial charge in [0.05, 0.1) is 6.10 Å². The number of hydrogen-bond acceptors (Lipinski definition) is 3. The lowest BCUT2D eigenvalue weighted by Crippen LogP contribution is -2.43. The topological polar surface area (TPSA) is 41.6 Å². The maximum absolute atomic E-state index is 12.3. The Hall–Kier alpha value is -0.870. The molecule has 0 aromatic heterocycles. The highest BCUT2D eigenvalue weighted by molar-refractivity contribution is 5.78. The van der Waals surface area contributed by atoms with Crippen molar-refractivity contribution in [2.45, 2.75) is 51.0 Å². The van der Waals surface area contributed by atoms with Crippen LogP contribution in [0.2, 0.25) is 0 Å². The molecular formula is C18H30N2O2. The summed E-state index contributed by atoms with van der Waals surface area (Å²) < 4.78 is 5.56. The molecule has 22 heavy (non-hydrogen) atoms. The Kier molecular flexibility index (Phi) is 5.90. The van der Waals surface area contributed by atoms with Gasteiger partial charge in [0.15, 0.2) is 0 Å². The van der Waals surface area contributed by atoms with Gasteiger partial charge >= 0.3 is 0 Å². The largest absolute Gasteiger partial charge is 0.376 e. The first-order valence-electron chi connectivity index (χ1n) is 9.08. The van der Waals surface area contributed by atoms with E-state index in [0.717, 1.165) is 51.3 Å². The second-order valence-electron chi connectivity index (χ2n) is 7.11. The van der Waals surface area contributed by atoms with Crippen molar-refractivity contribution in [2.24, 2.45) is 11.8 Å². The Morgan fingerprint density at radius 3 is 2.73 bits per heavy atom. The molecule has 2 saturated heterocycles. The number of piperidine rings is 1. The van der Waals surface area contributed by atoms with Gasteiger partial charge in [-0.25, -0.2) is 0 Å². The molecule has 3 aliphatic rings. The number of allylic oxidation sites excluding steroid dienone is 2. The molecule has 2 fully saturated rings. The zero-order valence-corrected chi connectivity index (χ0v) is 13.6. The lowest BCUT2D eigenvalue weighted by atomic mass is 9.91. The third-order valence-corrected chi connectivity index (χ3v) is 5.38. The van der Waals surface area contributed by atoms with Crippen molar-refractivity contribution in [1.82, 2.24) is 10.2 Å². The van der Waals surface area contributed by atoms with Crippen molar-refractivity contribution >= 4 is 5.91 Å². The van der Waals surface area contributed by atoms with Crippen LogP contribution < -0.4 is 5.32 Å². The monoisotopic (exact) mass is 306 g/mol. The molecular weight excluding hydrogens is 276 g/mol. The molecule has 2 atom stereocenters. The molecule has 3 rings (SSSR count). The zero-order valence-electron chi connectivity index (χ0n) is 13.6. The van der Waals surface area contributed by atoms with Gasteiger partial charge in [0.25, 0.3) is 0 Å². The summed E-state index contributed by atoms with van der Waals surface area (Å²) in [5, 5.41) is 3.10. The fourth-order valence-electron chi connectivity index (χ4n) is 3.93. The smallest absolute Gasteiger partial charge is 0.223 e. The number of carbonyl (C=O) groups is 1. The first-order chi connectivity index (χ1) is 10.8. The summed E-state index contributed by atoms with van der Waals surface area (Å²) in [4.78, 5) is 14.8. The minimum absolute atomic E-state index is 0.212. The van der Waals surface area contributed by atoms with Crippen LogP contribution in [0.4, 0.5) is 0 Å². The van der Waals surface area contributed by atoms with E-state index in [4.69, 9.17) is 4.74 Å². The fourth-order valence-corrected chi connectivity index (χ4v) is 3.93. The Bertz CT molecular complexity index is 383. The highest BCUT2D eigenvalue weighted by atomic mass is 16.5. The molecule has 1 amide bonds. The number of hydrogen-bond donors (Lipinski definition) is 1. The first-order valence-corrected chi connectivity index (χ1v) is 9.08. The normalized spacial score (nSPS) is 30.5. The van der Waals surface area contributed by atoms with Crippen LogP contribution in [0.25, 0.3) is 0 Å². The van der Waals surface area contributed by atoms with E-state index in [0.29, 0.717) is 6.54 Å². The lowest BCUT2D eigenvalue weighted by Gasteiger charge is -2.34. The highest BCUT2D eigenvalue weighted by Gasteiger charge is 2.27. The summed E-state index contributed by atoms with van der Waals surface area (Å²) in [5.41, 5.74) is 0. The van der Waals surface area contributed by atoms with E-state index in [2.05, 4.69) is 22.4 Å². The molecule has 0 aromatic rings. The predicted octanol–water partition coefficient (Wildman–Crippen LogP) is 2.35. The van der Waals surface area contributed by atoms with Crippen LogP contribution in [0.5, 0.6) is 0 Å². The number of nitrogens with zero attached hydrogens (tertiary/aromatic N) is 1. The van der Waals surface area contributed by atoms with Gasteiger partial charge in [0, 0.05) is 25.6 Å². The molecule has 2 heterocycles. The van der Waals surface area contributed by atoms with Crippen LogP contribution in [0.3, 0.4) is 0 Å². The van der Waals surface area contributed by atoms with Crippen LogP contribution >= 0.6 is 0 Å². The Labute approximate surface area is 134 Å². The number of nitrogens with one attached hydrogen (secondary N) is 1. The van der Waals surface area contributed by atoms with Crippen LogP contribution in [-0.4, -0.2) is 49.7 Å². The van der Waals surface area contributed by atoms with Gasteiger partial charge in [-0.05, 0) is 64.0 Å². The summed E-state index contributed by atoms with van der Waals surface area (Å²) in [6.07, 6.45) is 13.0. The predicted molar refractivity (Wildman–Crippen MR) is 87.6 cm³/mol. The summed E-state index contributed by atoms with van der Waals surface area (Å²) >= 11 is 0. The van der Waals surface area contributed by atoms with Crippen molar-refractivity contribution in [3.8, 4) is 0 Å². The van der Waals surface area contributed by atoms with Crippen molar-refractivity contribution in [3.63, 3.8) is 0 Å². The molecule has 2 aliphatic heterocycles. The Morgan fingerprint density at radius 2 is 2.05 bits per heavy atom. The molecule has 0 bridgehead atoms. The van der Waals surface area contributed by atoms with E-state index < -0.39 is 0 Å². The zero-order chi connectivity index (χ0) is 15.2. The van der Waals surface area contributed by atoms with Gasteiger partial charge in [-0.3, -0.25) is 4.79 Å². The van der Waals surface area contributed by atoms with E-state index in [1.165, 1.54) is 25.8 Å². The van der Waals surface area contributed by atoms with Crippen molar-refractivity contribution in [1.29, 1.82) is 0 Å². The minimum Gasteiger partial charge on any atom is -0.376 e. The second kappa shape index (κ2) is 8.11. The van der Waals surface area contributed by atoms with Gasteiger partial charge in [-0.1, -0.05) is 12.2 Å². The van der Waals surface area contributed by atoms with E-state index in [1.54, 1.807) is 0 Å². The third kappa shape index (κ3) is 4.56. The molecule has 1 aliphatic carbocycles. The van der Waals surface area contributed by atoms with E-state index >= 15 is 0 Å². The van der Waals surface area contributed by atoms with E-state index in [1.807, 2.05) is 0 Å². The van der Waals surface area contributed by atoms with E-state index in [-0.39, 0.29) is 17.9 Å². The quantitative estimate of drug-likeness (QED) is 0.793. The van der Waals surface area contributed by atoms with Crippen molar-refractivity contribution < 1.29 is 9.53 Å². The molecule has 0 radical (unpaired) electrons. The molecule has 0 aromatic carbocycles. The fraction of sp³-hybridized carbons (Fsp3) is 0.833. The summed E-state index contributed by atoms with van der Waals surface area (Å²) in [7, 11) is 0. The third-order valence-electron chi connectivity index (χ3n) is 5.38. The van der Waals surface area contributed by atoms with Crippen LogP contribution in [0, 0.1) is 11.8 Å². The molecule has 1 N–H and O–H groups in total. The maximum Gasteiger partial charge on any atom is 0.223 e. The number of carbonyl (C=O) groups excluding carboxylic acids is 1. The van der Waals surface area contributed by atoms with E-state index in [9.17, 15) is 4.79 Å². The molecule has 0 unspecified atom stereocenters. The van der Waals surface area contributed by atoms with Crippen LogP contribution in [0.1, 0.15) is 44.9 Å². The van der Waals surface area contributed by atoms with Gasteiger partial charge in [-0.15, -0.1) is 0 Å². The average molecular weight is 306 g/mol. The highest BCUT2D eigenvalue weighted by Crippen LogP contribution is 2.23. The summed E-state index contributed by atoms with van der Waals surface area (Å²) in [6, 6.07) is 0. The Balaban J connectivity index is 1.33. The average Bonchev–Trinajstić information content (AvgIpc) is 3.08. The van der Waals surface area contributed by atoms with Gasteiger partial charge < -0.3 is 15.0 Å². The molecule has 0 spiro atoms. The lowest BCUT2D eigenvalue weighted by molar-refractivity contribution is -0.127. The summed E-state index contributed by atoms with van der Waals surface area (Å²) in [5.74, 6) is 1.29. The van der Waals surface area contributed by atoms with Gasteiger partial charge in [0.2, 0.25) is 5.91 Å². The number of ether oxygens (including phenoxy) is 1. The SMILES string of the molecule is O=C(NC[C@H]1CCCO1)C1CCN(C[C@@H]2CC=CCC2)CC1. The van der Waals surface area contributed by atoms with Crippen molar-refractivity contribution in [3.05, 3.63) is 12.2 Å². The first kappa shape index (κ1) is 16.0. The standard InChI is InChI=1S/C18H30N2O2/c21-18(19-13-17-7-4-12-22-17)16-8-10-20(11-9-16)14-15-5-2-1-3-6-15/h1-2,15-17H,3-14H2,(H,19,21)/t15-,17-/m1/s1. The minimum atomic E-state index is 0.212. The number of rotatable bonds is 5. The van der Waals surface area contributed by atoms with Crippen LogP contribution in [0.15, 0.2) is 12.2 Å². The maximum atomic E-state index is 12.3. The molecule has 4 heteroatoms. The van der Waals surface area contributed by atoms with Crippen LogP contribution in [-0.2, 0) is 9.53 Å². The number of likely N-dealkylation sites (tertiary alicyclic amines) is 1. The molecule has 4 nitrogen and oxygen atoms in total. The second-order valence-corrected chi connectivity index (χ2v) is 7.11. The van der Waals surface area contributed by atoms with Crippen molar-refractivity contribution in [2.75, 3.05) is 32.8 Å². The number of amides is 1.